The Kier molecular flexibility index (Phi) is 7.98. The minimum absolute atomic E-state index is 0.108. The van der Waals surface area contributed by atoms with Gasteiger partial charge in [0, 0.05) is 28.5 Å². The molecule has 0 amide bonds. The van der Waals surface area contributed by atoms with E-state index in [1.165, 1.54) is 75.8 Å². The van der Waals surface area contributed by atoms with E-state index in [2.05, 4.69) is 107 Å². The second-order valence-corrected chi connectivity index (χ2v) is 14.8. The molecule has 0 aromatic heterocycles. The maximum absolute atomic E-state index is 12.0. The molecule has 2 atom stereocenters. The summed E-state index contributed by atoms with van der Waals surface area (Å²) >= 11 is 0. The summed E-state index contributed by atoms with van der Waals surface area (Å²) in [6.45, 7) is 15.1. The van der Waals surface area contributed by atoms with E-state index in [1.54, 1.807) is 0 Å². The SMILES string of the molecule is CCCCCCC1(C)c2cc(C=Nc3ccc4c(c3)C(C)c3cc(C(C)(C)N)ccc3-4)ccc2-c2ccc(C(C)(C)C=O)cc21. The smallest absolute Gasteiger partial charge is 0.129 e. The monoisotopic (exact) mass is 596 g/mol. The minimum Gasteiger partial charge on any atom is -0.322 e. The standard InChI is InChI=1S/C42H48N2O/c1-8-9-10-11-20-42(7)38-21-28(12-16-34(38)35-18-13-29(23-39(35)42)40(3,4)26-45)25-44-31-15-19-33-32-17-14-30(41(5,6)43)22-36(32)27(2)37(33)24-31/h12-19,21-27H,8-11,20,43H2,1-7H3. The molecule has 0 fully saturated rings. The number of fused-ring (bicyclic) bond motifs is 6. The lowest BCUT2D eigenvalue weighted by atomic mass is 9.74. The molecule has 0 aliphatic heterocycles. The fourth-order valence-electron chi connectivity index (χ4n) is 7.48. The first-order valence-electron chi connectivity index (χ1n) is 16.8. The summed E-state index contributed by atoms with van der Waals surface area (Å²) in [5.41, 5.74) is 20.4. The zero-order valence-corrected chi connectivity index (χ0v) is 28.1. The average Bonchev–Trinajstić information content (AvgIpc) is 3.45. The van der Waals surface area contributed by atoms with Gasteiger partial charge in [0.25, 0.3) is 0 Å². The van der Waals surface area contributed by atoms with Gasteiger partial charge in [-0.1, -0.05) is 101 Å². The van der Waals surface area contributed by atoms with Crippen LogP contribution >= 0.6 is 0 Å². The van der Waals surface area contributed by atoms with E-state index in [4.69, 9.17) is 10.7 Å². The van der Waals surface area contributed by atoms with Gasteiger partial charge in [0.05, 0.1) is 5.69 Å². The molecule has 0 spiro atoms. The molecule has 45 heavy (non-hydrogen) atoms. The highest BCUT2D eigenvalue weighted by molar-refractivity contribution is 5.89. The van der Waals surface area contributed by atoms with Gasteiger partial charge >= 0.3 is 0 Å². The van der Waals surface area contributed by atoms with Crippen LogP contribution in [0.15, 0.2) is 77.8 Å². The number of benzene rings is 4. The van der Waals surface area contributed by atoms with E-state index in [-0.39, 0.29) is 11.0 Å². The fourth-order valence-corrected chi connectivity index (χ4v) is 7.48. The summed E-state index contributed by atoms with van der Waals surface area (Å²) in [7, 11) is 0. The van der Waals surface area contributed by atoms with E-state index < -0.39 is 5.41 Å². The second-order valence-electron chi connectivity index (χ2n) is 14.8. The number of nitrogens with two attached hydrogens (primary N) is 1. The lowest BCUT2D eigenvalue weighted by Crippen LogP contribution is -2.28. The Balaban J connectivity index is 1.32. The molecule has 0 radical (unpaired) electrons. The van der Waals surface area contributed by atoms with Gasteiger partial charge in [-0.05, 0) is 114 Å². The van der Waals surface area contributed by atoms with Crippen molar-refractivity contribution in [2.24, 2.45) is 10.7 Å². The first-order valence-corrected chi connectivity index (χ1v) is 16.8. The zero-order valence-electron chi connectivity index (χ0n) is 28.1. The molecule has 2 unspecified atom stereocenters. The van der Waals surface area contributed by atoms with Crippen molar-refractivity contribution in [2.75, 3.05) is 0 Å². The number of hydrogen-bond donors (Lipinski definition) is 1. The van der Waals surface area contributed by atoms with Crippen LogP contribution in [0.25, 0.3) is 22.3 Å². The Bertz CT molecular complexity index is 1800. The predicted molar refractivity (Wildman–Crippen MR) is 190 cm³/mol. The summed E-state index contributed by atoms with van der Waals surface area (Å²) in [6, 6.07) is 26.8. The van der Waals surface area contributed by atoms with Gasteiger partial charge in [-0.2, -0.15) is 0 Å². The number of carbonyl (C=O) groups excluding carboxylic acids is 1. The van der Waals surface area contributed by atoms with Crippen LogP contribution in [-0.4, -0.2) is 12.5 Å². The summed E-state index contributed by atoms with van der Waals surface area (Å²) < 4.78 is 0. The van der Waals surface area contributed by atoms with Gasteiger partial charge in [0.2, 0.25) is 0 Å². The summed E-state index contributed by atoms with van der Waals surface area (Å²) in [6.07, 6.45) is 9.09. The maximum atomic E-state index is 12.0. The quantitative estimate of drug-likeness (QED) is 0.112. The second kappa shape index (κ2) is 11.5. The van der Waals surface area contributed by atoms with Crippen LogP contribution in [0.4, 0.5) is 5.69 Å². The first kappa shape index (κ1) is 31.2. The van der Waals surface area contributed by atoms with Gasteiger partial charge in [0.1, 0.15) is 6.29 Å². The Hall–Kier alpha value is -3.82. The van der Waals surface area contributed by atoms with Crippen LogP contribution in [0.5, 0.6) is 0 Å². The highest BCUT2D eigenvalue weighted by Crippen LogP contribution is 2.52. The van der Waals surface area contributed by atoms with Crippen LogP contribution in [0.2, 0.25) is 0 Å². The van der Waals surface area contributed by atoms with Crippen molar-refractivity contribution >= 4 is 18.2 Å². The normalized spacial score (nSPS) is 18.5. The molecule has 3 heteroatoms. The highest BCUT2D eigenvalue weighted by Gasteiger charge is 2.40. The van der Waals surface area contributed by atoms with Crippen LogP contribution in [0.1, 0.15) is 125 Å². The van der Waals surface area contributed by atoms with Crippen molar-refractivity contribution in [1.29, 1.82) is 0 Å². The fraction of sp³-hybridized carbons (Fsp3) is 0.381. The third-order valence-electron chi connectivity index (χ3n) is 10.5. The zero-order chi connectivity index (χ0) is 32.1. The summed E-state index contributed by atoms with van der Waals surface area (Å²) in [4.78, 5) is 16.9. The van der Waals surface area contributed by atoms with Gasteiger partial charge in [-0.15, -0.1) is 0 Å². The number of nitrogens with zero attached hydrogens (tertiary/aromatic N) is 1. The largest absolute Gasteiger partial charge is 0.322 e. The molecule has 3 nitrogen and oxygen atoms in total. The van der Waals surface area contributed by atoms with Gasteiger partial charge in [-0.3, -0.25) is 4.99 Å². The lowest BCUT2D eigenvalue weighted by Gasteiger charge is -2.29. The summed E-state index contributed by atoms with van der Waals surface area (Å²) in [5, 5.41) is 0. The van der Waals surface area contributed by atoms with Crippen molar-refractivity contribution in [3.8, 4) is 22.3 Å². The van der Waals surface area contributed by atoms with E-state index in [0.717, 1.165) is 29.5 Å². The van der Waals surface area contributed by atoms with E-state index in [1.807, 2.05) is 20.1 Å². The molecule has 4 aromatic rings. The molecule has 2 N–H and O–H groups in total. The summed E-state index contributed by atoms with van der Waals surface area (Å²) in [5.74, 6) is 0.299. The van der Waals surface area contributed by atoms with Crippen LogP contribution < -0.4 is 5.73 Å². The molecule has 2 aliphatic rings. The van der Waals surface area contributed by atoms with Crippen molar-refractivity contribution in [3.63, 3.8) is 0 Å². The third-order valence-corrected chi connectivity index (χ3v) is 10.5. The predicted octanol–water partition coefficient (Wildman–Crippen LogP) is 10.5. The van der Waals surface area contributed by atoms with Gasteiger partial charge in [-0.25, -0.2) is 0 Å². The molecule has 0 bridgehead atoms. The lowest BCUT2D eigenvalue weighted by molar-refractivity contribution is -0.111. The number of aldehydes is 1. The van der Waals surface area contributed by atoms with E-state index >= 15 is 0 Å². The number of aliphatic imine (C=N–C) groups is 1. The van der Waals surface area contributed by atoms with Crippen molar-refractivity contribution in [1.82, 2.24) is 0 Å². The molecule has 2 aliphatic carbocycles. The topological polar surface area (TPSA) is 55.4 Å². The molecule has 6 rings (SSSR count). The highest BCUT2D eigenvalue weighted by atomic mass is 16.1. The molecular formula is C42H48N2O. The van der Waals surface area contributed by atoms with Crippen LogP contribution in [-0.2, 0) is 21.2 Å². The third kappa shape index (κ3) is 5.50. The average molecular weight is 597 g/mol. The Labute approximate surface area is 270 Å². The first-order chi connectivity index (χ1) is 21.4. The molecule has 0 saturated heterocycles. The van der Waals surface area contributed by atoms with Crippen molar-refractivity contribution in [3.05, 3.63) is 112 Å². The molecule has 4 aromatic carbocycles. The maximum Gasteiger partial charge on any atom is 0.129 e. The number of hydrogen-bond acceptors (Lipinski definition) is 3. The molecule has 0 saturated carbocycles. The molecular weight excluding hydrogens is 548 g/mol. The van der Waals surface area contributed by atoms with E-state index in [9.17, 15) is 4.79 Å². The van der Waals surface area contributed by atoms with Crippen molar-refractivity contribution < 1.29 is 4.79 Å². The van der Waals surface area contributed by atoms with Gasteiger partial charge < -0.3 is 10.5 Å². The van der Waals surface area contributed by atoms with E-state index in [0.29, 0.717) is 5.92 Å². The number of rotatable bonds is 10. The Morgan fingerprint density at radius 1 is 0.778 bits per heavy atom. The van der Waals surface area contributed by atoms with Crippen LogP contribution in [0, 0.1) is 0 Å². The number of unbranched alkanes of at least 4 members (excludes halogenated alkanes) is 3. The van der Waals surface area contributed by atoms with Gasteiger partial charge in [0.15, 0.2) is 0 Å². The molecule has 232 valence electrons. The minimum atomic E-state index is -0.511. The Morgan fingerprint density at radius 3 is 2.09 bits per heavy atom. The van der Waals surface area contributed by atoms with Crippen molar-refractivity contribution in [2.45, 2.75) is 103 Å². The number of carbonyl (C=O) groups is 1. The van der Waals surface area contributed by atoms with Crippen LogP contribution in [0.3, 0.4) is 0 Å². The molecule has 0 heterocycles. The Morgan fingerprint density at radius 2 is 1.40 bits per heavy atom.